The molecule has 1 aromatic heterocycles. The van der Waals surface area contributed by atoms with Crippen molar-refractivity contribution in [2.45, 2.75) is 11.8 Å². The number of nitrogen functional groups attached to an aromatic ring is 1. The van der Waals surface area contributed by atoms with Crippen LogP contribution in [0, 0.1) is 5.41 Å². The molecule has 0 aliphatic rings. The van der Waals surface area contributed by atoms with E-state index < -0.39 is 0 Å². The molecule has 7 nitrogen and oxygen atoms in total. The van der Waals surface area contributed by atoms with Gasteiger partial charge in [0.2, 0.25) is 5.91 Å². The van der Waals surface area contributed by atoms with Crippen LogP contribution < -0.4 is 16.4 Å². The van der Waals surface area contributed by atoms with Crippen molar-refractivity contribution in [3.63, 3.8) is 0 Å². The standard InChI is InChI=1S/C23H18N4OS2.C3H7NO/c1-26-18-7-6-16(11-19(18)29)27-23(28)14-8-15(12-24)22(25)17(9-14)21-10-13-4-2-3-5-20(13)30-21;1-3(5)4-2/h2-12,24,29H,1,25H2,(H,27,28);1-2H3,(H,4,5). The zero-order valence-electron chi connectivity index (χ0n) is 19.3. The Balaban J connectivity index is 0.000000623. The molecule has 0 aliphatic carbocycles. The third kappa shape index (κ3) is 6.14. The van der Waals surface area contributed by atoms with E-state index in [-0.39, 0.29) is 11.8 Å². The fourth-order valence-electron chi connectivity index (χ4n) is 3.18. The number of aliphatic imine (C=N–C) groups is 1. The first-order valence-electron chi connectivity index (χ1n) is 10.5. The van der Waals surface area contributed by atoms with Gasteiger partial charge in [-0.15, -0.1) is 24.0 Å². The average molecular weight is 504 g/mol. The number of carbonyl (C=O) groups excluding carboxylic acids is 2. The lowest BCUT2D eigenvalue weighted by atomic mass is 10.0. The average Bonchev–Trinajstić information content (AvgIpc) is 3.28. The lowest BCUT2D eigenvalue weighted by Gasteiger charge is -2.12. The second kappa shape index (κ2) is 11.5. The van der Waals surface area contributed by atoms with Crippen LogP contribution in [0.25, 0.3) is 20.5 Å². The number of benzene rings is 3. The summed E-state index contributed by atoms with van der Waals surface area (Å²) in [5.41, 5.74) is 9.68. The van der Waals surface area contributed by atoms with E-state index >= 15 is 0 Å². The van der Waals surface area contributed by atoms with E-state index in [1.807, 2.05) is 24.3 Å². The van der Waals surface area contributed by atoms with E-state index in [9.17, 15) is 9.59 Å². The number of carbonyl (C=O) groups is 2. The Kier molecular flexibility index (Phi) is 8.40. The van der Waals surface area contributed by atoms with Gasteiger partial charge in [-0.2, -0.15) is 0 Å². The summed E-state index contributed by atoms with van der Waals surface area (Å²) >= 11 is 5.96. The first-order chi connectivity index (χ1) is 16.8. The number of thiophene rings is 1. The fourth-order valence-corrected chi connectivity index (χ4v) is 4.56. The maximum Gasteiger partial charge on any atom is 0.255 e. The summed E-state index contributed by atoms with van der Waals surface area (Å²) in [6.45, 7) is 4.97. The van der Waals surface area contributed by atoms with Gasteiger partial charge in [0.05, 0.1) is 5.69 Å². The van der Waals surface area contributed by atoms with Crippen LogP contribution in [-0.4, -0.2) is 31.8 Å². The van der Waals surface area contributed by atoms with Gasteiger partial charge in [0.1, 0.15) is 0 Å². The minimum Gasteiger partial charge on any atom is -0.398 e. The van der Waals surface area contributed by atoms with Crippen LogP contribution in [0.2, 0.25) is 0 Å². The Morgan fingerprint density at radius 3 is 2.46 bits per heavy atom. The molecule has 9 heteroatoms. The van der Waals surface area contributed by atoms with Crippen molar-refractivity contribution in [2.24, 2.45) is 4.99 Å². The smallest absolute Gasteiger partial charge is 0.255 e. The first kappa shape index (κ1) is 25.7. The second-order valence-electron chi connectivity index (χ2n) is 7.44. The molecule has 1 heterocycles. The Hall–Kier alpha value is -3.95. The number of anilines is 2. The summed E-state index contributed by atoms with van der Waals surface area (Å²) in [5, 5.41) is 14.1. The normalized spacial score (nSPS) is 10.1. The second-order valence-corrected chi connectivity index (χ2v) is 9.01. The van der Waals surface area contributed by atoms with Crippen LogP contribution >= 0.6 is 24.0 Å². The number of nitrogens with one attached hydrogen (secondary N) is 3. The van der Waals surface area contributed by atoms with Crippen molar-refractivity contribution in [3.8, 4) is 10.4 Å². The van der Waals surface area contributed by atoms with E-state index in [0.717, 1.165) is 20.5 Å². The molecule has 5 N–H and O–H groups in total. The van der Waals surface area contributed by atoms with Crippen LogP contribution in [0.15, 0.2) is 70.6 Å². The summed E-state index contributed by atoms with van der Waals surface area (Å²) in [4.78, 5) is 28.1. The molecule has 4 rings (SSSR count). The zero-order valence-corrected chi connectivity index (χ0v) is 21.0. The van der Waals surface area contributed by atoms with Gasteiger partial charge in [-0.3, -0.25) is 14.6 Å². The lowest BCUT2D eigenvalue weighted by Crippen LogP contribution is -2.13. The van der Waals surface area contributed by atoms with Crippen molar-refractivity contribution in [2.75, 3.05) is 18.1 Å². The van der Waals surface area contributed by atoms with Crippen molar-refractivity contribution in [1.29, 1.82) is 5.41 Å². The molecule has 0 atom stereocenters. The predicted molar refractivity (Wildman–Crippen MR) is 150 cm³/mol. The number of thiol groups is 1. The molecule has 2 amide bonds. The van der Waals surface area contributed by atoms with Gasteiger partial charge >= 0.3 is 0 Å². The topological polar surface area (TPSA) is 120 Å². The van der Waals surface area contributed by atoms with E-state index in [2.05, 4.69) is 41.0 Å². The van der Waals surface area contributed by atoms with Crippen LogP contribution in [-0.2, 0) is 4.79 Å². The van der Waals surface area contributed by atoms with Crippen LogP contribution in [0.4, 0.5) is 17.1 Å². The molecule has 4 aromatic rings. The van der Waals surface area contributed by atoms with Gasteiger partial charge in [-0.1, -0.05) is 18.2 Å². The van der Waals surface area contributed by atoms with Crippen LogP contribution in [0.5, 0.6) is 0 Å². The lowest BCUT2D eigenvalue weighted by molar-refractivity contribution is -0.118. The number of amides is 2. The van der Waals surface area contributed by atoms with Crippen LogP contribution in [0.1, 0.15) is 22.8 Å². The highest BCUT2D eigenvalue weighted by Crippen LogP contribution is 2.38. The minimum atomic E-state index is -0.299. The summed E-state index contributed by atoms with van der Waals surface area (Å²) in [6.07, 6.45) is 1.17. The molecule has 0 unspecified atom stereocenters. The van der Waals surface area contributed by atoms with Gasteiger partial charge in [0.25, 0.3) is 5.91 Å². The number of hydrogen-bond acceptors (Lipinski definition) is 7. The van der Waals surface area contributed by atoms with E-state index in [0.29, 0.717) is 33.1 Å². The monoisotopic (exact) mass is 503 g/mol. The molecule has 0 saturated carbocycles. The predicted octanol–water partition coefficient (Wildman–Crippen LogP) is 5.77. The van der Waals surface area contributed by atoms with Crippen molar-refractivity contribution >= 4 is 75.9 Å². The Morgan fingerprint density at radius 1 is 1.14 bits per heavy atom. The number of fused-ring (bicyclic) bond motifs is 1. The Morgan fingerprint density at radius 2 is 1.86 bits per heavy atom. The van der Waals surface area contributed by atoms with E-state index in [1.54, 1.807) is 48.7 Å². The molecule has 0 fully saturated rings. The van der Waals surface area contributed by atoms with E-state index in [1.165, 1.54) is 13.1 Å². The highest BCUT2D eigenvalue weighted by molar-refractivity contribution is 7.80. The molecule has 0 saturated heterocycles. The minimum absolute atomic E-state index is 0.00463. The molecule has 0 bridgehead atoms. The number of nitrogens with two attached hydrogens (primary N) is 1. The summed E-state index contributed by atoms with van der Waals surface area (Å²) < 4.78 is 1.13. The molecule has 0 spiro atoms. The Labute approximate surface area is 213 Å². The SMILES string of the molecule is C=Nc1ccc(NC(=O)c2cc(C=N)c(N)c(-c3cc4ccccc4s3)c2)cc1S.CNC(C)=O. The molecule has 0 radical (unpaired) electrons. The largest absolute Gasteiger partial charge is 0.398 e. The summed E-state index contributed by atoms with van der Waals surface area (Å²) in [5.74, 6) is -0.294. The van der Waals surface area contributed by atoms with Gasteiger partial charge < -0.3 is 21.8 Å². The van der Waals surface area contributed by atoms with Gasteiger partial charge in [-0.25, -0.2) is 0 Å². The highest BCUT2D eigenvalue weighted by atomic mass is 32.1. The maximum absolute atomic E-state index is 12.9. The number of hydrogen-bond donors (Lipinski definition) is 5. The van der Waals surface area contributed by atoms with Crippen molar-refractivity contribution in [3.05, 3.63) is 71.8 Å². The molecular weight excluding hydrogens is 478 g/mol. The quantitative estimate of drug-likeness (QED) is 0.135. The molecule has 0 aliphatic heterocycles. The highest BCUT2D eigenvalue weighted by Gasteiger charge is 2.16. The zero-order chi connectivity index (χ0) is 25.5. The van der Waals surface area contributed by atoms with Gasteiger partial charge in [-0.05, 0) is 54.6 Å². The van der Waals surface area contributed by atoms with Gasteiger partial charge in [0, 0.05) is 62.7 Å². The first-order valence-corrected chi connectivity index (χ1v) is 11.8. The van der Waals surface area contributed by atoms with Crippen molar-refractivity contribution in [1.82, 2.24) is 5.32 Å². The van der Waals surface area contributed by atoms with Gasteiger partial charge in [0.15, 0.2) is 0 Å². The fraction of sp³-hybridized carbons (Fsp3) is 0.0769. The molecule has 178 valence electrons. The number of nitrogens with zero attached hydrogens (tertiary/aromatic N) is 1. The third-order valence-corrected chi connectivity index (χ3v) is 6.58. The molecule has 35 heavy (non-hydrogen) atoms. The van der Waals surface area contributed by atoms with Crippen LogP contribution in [0.3, 0.4) is 0 Å². The summed E-state index contributed by atoms with van der Waals surface area (Å²) in [6, 6.07) is 18.7. The third-order valence-electron chi connectivity index (χ3n) is 5.08. The summed E-state index contributed by atoms with van der Waals surface area (Å²) in [7, 11) is 1.60. The number of rotatable bonds is 5. The molecule has 3 aromatic carbocycles. The molecular formula is C26H25N5O2S2. The van der Waals surface area contributed by atoms with E-state index in [4.69, 9.17) is 11.1 Å². The maximum atomic E-state index is 12.9. The Bertz CT molecular complexity index is 1400. The van der Waals surface area contributed by atoms with Crippen molar-refractivity contribution < 1.29 is 9.59 Å².